The summed E-state index contributed by atoms with van der Waals surface area (Å²) in [6.07, 6.45) is 0.472. The van der Waals surface area contributed by atoms with Gasteiger partial charge in [0.1, 0.15) is 0 Å². The van der Waals surface area contributed by atoms with E-state index in [1.165, 1.54) is 31.0 Å². The molecule has 1 aromatic carbocycles. The van der Waals surface area contributed by atoms with Gasteiger partial charge < -0.3 is 4.74 Å². The average molecular weight is 240 g/mol. The highest BCUT2D eigenvalue weighted by Gasteiger charge is 2.32. The minimum absolute atomic E-state index is 0.0528. The molecule has 1 aromatic rings. The first-order valence-electron chi connectivity index (χ1n) is 5.03. The van der Waals surface area contributed by atoms with Crippen LogP contribution in [0.3, 0.4) is 0 Å². The van der Waals surface area contributed by atoms with Gasteiger partial charge in [0.15, 0.2) is 17.3 Å². The number of thioether (sulfide) groups is 1. The Hall–Kier alpha value is -1.03. The number of methoxy groups -OCH3 is 1. The second-order valence-corrected chi connectivity index (χ2v) is 6.19. The molecule has 86 valence electrons. The average Bonchev–Trinajstić information content (AvgIpc) is 2.14. The molecule has 1 aliphatic heterocycles. The fourth-order valence-electron chi connectivity index (χ4n) is 1.81. The van der Waals surface area contributed by atoms with Crippen molar-refractivity contribution < 1.29 is 13.9 Å². The number of hydrogen-bond donors (Lipinski definition) is 0. The summed E-state index contributed by atoms with van der Waals surface area (Å²) in [5.41, 5.74) is 0.572. The standard InChI is InChI=1S/C12H13FO2S/c1-12(2)6-9(14)7-4-10(15-3)8(13)5-11(7)16-12/h4-5H,6H2,1-3H3. The van der Waals surface area contributed by atoms with E-state index in [4.69, 9.17) is 4.74 Å². The first kappa shape index (κ1) is 11.5. The van der Waals surface area contributed by atoms with Crippen molar-refractivity contribution in [2.45, 2.75) is 29.9 Å². The van der Waals surface area contributed by atoms with Crippen molar-refractivity contribution in [1.29, 1.82) is 0 Å². The highest BCUT2D eigenvalue weighted by molar-refractivity contribution is 8.00. The normalized spacial score (nSPS) is 18.1. The third-order valence-electron chi connectivity index (χ3n) is 2.53. The second kappa shape index (κ2) is 3.77. The lowest BCUT2D eigenvalue weighted by Crippen LogP contribution is -2.25. The van der Waals surface area contributed by atoms with Gasteiger partial charge in [-0.25, -0.2) is 4.39 Å². The van der Waals surface area contributed by atoms with Crippen LogP contribution in [0.15, 0.2) is 17.0 Å². The molecule has 0 unspecified atom stereocenters. The Morgan fingerprint density at radius 2 is 2.12 bits per heavy atom. The van der Waals surface area contributed by atoms with Crippen LogP contribution in [0.1, 0.15) is 30.6 Å². The first-order valence-corrected chi connectivity index (χ1v) is 5.84. The molecule has 0 N–H and O–H groups in total. The lowest BCUT2D eigenvalue weighted by Gasteiger charge is -2.29. The molecule has 0 saturated heterocycles. The maximum atomic E-state index is 13.5. The van der Waals surface area contributed by atoms with E-state index >= 15 is 0 Å². The molecule has 0 spiro atoms. The van der Waals surface area contributed by atoms with Crippen LogP contribution in [0.4, 0.5) is 4.39 Å². The number of ketones is 1. The molecular formula is C12H13FO2S. The number of halogens is 1. The number of hydrogen-bond acceptors (Lipinski definition) is 3. The molecule has 0 amide bonds. The Morgan fingerprint density at radius 3 is 2.75 bits per heavy atom. The van der Waals surface area contributed by atoms with E-state index in [-0.39, 0.29) is 16.3 Å². The van der Waals surface area contributed by atoms with Gasteiger partial charge in [0.2, 0.25) is 0 Å². The molecule has 0 bridgehead atoms. The smallest absolute Gasteiger partial charge is 0.166 e. The molecule has 1 aliphatic rings. The lowest BCUT2D eigenvalue weighted by atomic mass is 9.99. The number of rotatable bonds is 1. The Bertz CT molecular complexity index is 455. The van der Waals surface area contributed by atoms with Crippen molar-refractivity contribution in [2.24, 2.45) is 0 Å². The minimum atomic E-state index is -0.417. The predicted octanol–water partition coefficient (Wildman–Crippen LogP) is 3.29. The van der Waals surface area contributed by atoms with Crippen molar-refractivity contribution in [2.75, 3.05) is 7.11 Å². The van der Waals surface area contributed by atoms with E-state index in [0.29, 0.717) is 16.9 Å². The summed E-state index contributed by atoms with van der Waals surface area (Å²) in [5.74, 6) is -0.233. The van der Waals surface area contributed by atoms with Crippen molar-refractivity contribution in [3.05, 3.63) is 23.5 Å². The minimum Gasteiger partial charge on any atom is -0.494 e. The lowest BCUT2D eigenvalue weighted by molar-refractivity contribution is 0.0967. The van der Waals surface area contributed by atoms with Gasteiger partial charge in [-0.1, -0.05) is 0 Å². The molecule has 2 nitrogen and oxygen atoms in total. The number of carbonyl (C=O) groups excluding carboxylic acids is 1. The van der Waals surface area contributed by atoms with Crippen LogP contribution in [-0.2, 0) is 0 Å². The van der Waals surface area contributed by atoms with E-state index in [1.807, 2.05) is 13.8 Å². The summed E-state index contributed by atoms with van der Waals surface area (Å²) >= 11 is 1.53. The molecule has 0 radical (unpaired) electrons. The zero-order chi connectivity index (χ0) is 11.9. The quantitative estimate of drug-likeness (QED) is 0.753. The van der Waals surface area contributed by atoms with Gasteiger partial charge >= 0.3 is 0 Å². The summed E-state index contributed by atoms with van der Waals surface area (Å²) in [5, 5.41) is 0. The molecule has 0 aromatic heterocycles. The van der Waals surface area contributed by atoms with Crippen molar-refractivity contribution in [1.82, 2.24) is 0 Å². The maximum Gasteiger partial charge on any atom is 0.166 e. The second-order valence-electron chi connectivity index (χ2n) is 4.44. The third-order valence-corrected chi connectivity index (χ3v) is 3.78. The Morgan fingerprint density at radius 1 is 1.44 bits per heavy atom. The summed E-state index contributed by atoms with van der Waals surface area (Å²) in [6, 6.07) is 2.88. The third kappa shape index (κ3) is 1.94. The molecule has 0 aliphatic carbocycles. The Balaban J connectivity index is 2.53. The van der Waals surface area contributed by atoms with Gasteiger partial charge in [0.25, 0.3) is 0 Å². The molecule has 4 heteroatoms. The van der Waals surface area contributed by atoms with Gasteiger partial charge in [-0.15, -0.1) is 11.8 Å². The Kier molecular flexibility index (Phi) is 2.70. The molecule has 0 saturated carbocycles. The Labute approximate surface area is 98.2 Å². The highest BCUT2D eigenvalue weighted by atomic mass is 32.2. The summed E-state index contributed by atoms with van der Waals surface area (Å²) in [7, 11) is 1.40. The molecule has 16 heavy (non-hydrogen) atoms. The fraction of sp³-hybridized carbons (Fsp3) is 0.417. The van der Waals surface area contributed by atoms with E-state index in [9.17, 15) is 9.18 Å². The van der Waals surface area contributed by atoms with E-state index in [2.05, 4.69) is 0 Å². The predicted molar refractivity (Wildman–Crippen MR) is 61.8 cm³/mol. The van der Waals surface area contributed by atoms with Gasteiger partial charge in [-0.05, 0) is 26.0 Å². The molecule has 1 heterocycles. The van der Waals surface area contributed by atoms with Crippen LogP contribution in [0.2, 0.25) is 0 Å². The zero-order valence-corrected chi connectivity index (χ0v) is 10.3. The van der Waals surface area contributed by atoms with Crippen LogP contribution in [-0.4, -0.2) is 17.6 Å². The largest absolute Gasteiger partial charge is 0.494 e. The van der Waals surface area contributed by atoms with Gasteiger partial charge in [-0.2, -0.15) is 0 Å². The number of fused-ring (bicyclic) bond motifs is 1. The van der Waals surface area contributed by atoms with Crippen LogP contribution >= 0.6 is 11.8 Å². The molecular weight excluding hydrogens is 227 g/mol. The van der Waals surface area contributed by atoms with Gasteiger partial charge in [0.05, 0.1) is 7.11 Å². The van der Waals surface area contributed by atoms with Crippen LogP contribution < -0.4 is 4.74 Å². The maximum absolute atomic E-state index is 13.5. The molecule has 0 fully saturated rings. The van der Waals surface area contributed by atoms with Crippen molar-refractivity contribution >= 4 is 17.5 Å². The van der Waals surface area contributed by atoms with E-state index in [1.54, 1.807) is 0 Å². The number of Topliss-reactive ketones (excluding diaryl/α,β-unsaturated/α-hetero) is 1. The molecule has 0 atom stereocenters. The number of carbonyl (C=O) groups is 1. The first-order chi connectivity index (χ1) is 7.43. The fourth-order valence-corrected chi connectivity index (χ4v) is 3.05. The van der Waals surface area contributed by atoms with E-state index < -0.39 is 5.82 Å². The topological polar surface area (TPSA) is 26.3 Å². The summed E-state index contributed by atoms with van der Waals surface area (Å²) < 4.78 is 18.2. The SMILES string of the molecule is COc1cc2c(cc1F)SC(C)(C)CC2=O. The van der Waals surface area contributed by atoms with Gasteiger partial charge in [-0.3, -0.25) is 4.79 Å². The highest BCUT2D eigenvalue weighted by Crippen LogP contribution is 2.44. The summed E-state index contributed by atoms with van der Waals surface area (Å²) in [4.78, 5) is 12.6. The monoisotopic (exact) mass is 240 g/mol. The summed E-state index contributed by atoms with van der Waals surface area (Å²) in [6.45, 7) is 3.97. The van der Waals surface area contributed by atoms with Crippen LogP contribution in [0.5, 0.6) is 5.75 Å². The molecule has 2 rings (SSSR count). The van der Waals surface area contributed by atoms with Crippen LogP contribution in [0, 0.1) is 5.82 Å². The van der Waals surface area contributed by atoms with E-state index in [0.717, 1.165) is 0 Å². The van der Waals surface area contributed by atoms with Crippen molar-refractivity contribution in [3.8, 4) is 5.75 Å². The number of benzene rings is 1. The zero-order valence-electron chi connectivity index (χ0n) is 9.46. The number of ether oxygens (including phenoxy) is 1. The van der Waals surface area contributed by atoms with Crippen molar-refractivity contribution in [3.63, 3.8) is 0 Å². The van der Waals surface area contributed by atoms with Crippen LogP contribution in [0.25, 0.3) is 0 Å². The van der Waals surface area contributed by atoms with Gasteiger partial charge in [0, 0.05) is 21.6 Å².